The maximum atomic E-state index is 5.63. The number of hydrogen-bond acceptors (Lipinski definition) is 4. The minimum atomic E-state index is 0.481. The standard InChI is InChI=1S/C13H12N4O/c1-8-2-7-11(15-8)13-17-16-12(18-13)9-3-5-10(14)6-4-9/h2-7,15H,14H2,1H3. The van der Waals surface area contributed by atoms with E-state index >= 15 is 0 Å². The molecule has 0 fully saturated rings. The Labute approximate surface area is 104 Å². The minimum Gasteiger partial charge on any atom is -0.415 e. The third kappa shape index (κ3) is 1.86. The number of aromatic nitrogens is 3. The molecule has 0 aliphatic heterocycles. The Kier molecular flexibility index (Phi) is 2.37. The van der Waals surface area contributed by atoms with Crippen molar-refractivity contribution in [2.24, 2.45) is 0 Å². The molecule has 2 aromatic heterocycles. The number of anilines is 1. The van der Waals surface area contributed by atoms with Crippen molar-refractivity contribution in [1.82, 2.24) is 15.2 Å². The minimum absolute atomic E-state index is 0.481. The second kappa shape index (κ2) is 4.03. The Morgan fingerprint density at radius 2 is 1.72 bits per heavy atom. The van der Waals surface area contributed by atoms with Crippen LogP contribution in [0.25, 0.3) is 23.0 Å². The quantitative estimate of drug-likeness (QED) is 0.675. The van der Waals surface area contributed by atoms with Gasteiger partial charge in [0.1, 0.15) is 5.69 Å². The highest BCUT2D eigenvalue weighted by atomic mass is 16.4. The van der Waals surface area contributed by atoms with Crippen LogP contribution < -0.4 is 5.73 Å². The molecule has 0 aliphatic rings. The van der Waals surface area contributed by atoms with Crippen LogP contribution in [0.5, 0.6) is 0 Å². The molecule has 1 aromatic carbocycles. The maximum Gasteiger partial charge on any atom is 0.264 e. The first kappa shape index (κ1) is 10.6. The summed E-state index contributed by atoms with van der Waals surface area (Å²) in [6.45, 7) is 1.97. The summed E-state index contributed by atoms with van der Waals surface area (Å²) in [5.41, 5.74) is 9.07. The predicted octanol–water partition coefficient (Wildman–Crippen LogP) is 2.62. The monoisotopic (exact) mass is 240 g/mol. The van der Waals surface area contributed by atoms with E-state index in [4.69, 9.17) is 10.2 Å². The van der Waals surface area contributed by atoms with E-state index in [0.29, 0.717) is 17.5 Å². The Bertz CT molecular complexity index is 666. The highest BCUT2D eigenvalue weighted by Crippen LogP contribution is 2.23. The average molecular weight is 240 g/mol. The molecule has 0 aliphatic carbocycles. The van der Waals surface area contributed by atoms with Crippen molar-refractivity contribution in [1.29, 1.82) is 0 Å². The lowest BCUT2D eigenvalue weighted by atomic mass is 10.2. The van der Waals surface area contributed by atoms with Gasteiger partial charge >= 0.3 is 0 Å². The summed E-state index contributed by atoms with van der Waals surface area (Å²) in [5, 5.41) is 8.04. The SMILES string of the molecule is Cc1ccc(-c2nnc(-c3ccc(N)cc3)o2)[nH]1. The summed E-state index contributed by atoms with van der Waals surface area (Å²) in [6.07, 6.45) is 0. The number of aryl methyl sites for hydroxylation is 1. The Morgan fingerprint density at radius 1 is 1.00 bits per heavy atom. The zero-order valence-electron chi connectivity index (χ0n) is 9.84. The fourth-order valence-corrected chi connectivity index (χ4v) is 1.70. The molecule has 0 bridgehead atoms. The van der Waals surface area contributed by atoms with Gasteiger partial charge in [-0.3, -0.25) is 0 Å². The van der Waals surface area contributed by atoms with Crippen molar-refractivity contribution < 1.29 is 4.42 Å². The van der Waals surface area contributed by atoms with E-state index in [9.17, 15) is 0 Å². The van der Waals surface area contributed by atoms with Gasteiger partial charge in [0.05, 0.1) is 0 Å². The van der Waals surface area contributed by atoms with Crippen LogP contribution >= 0.6 is 0 Å². The zero-order valence-corrected chi connectivity index (χ0v) is 9.84. The summed E-state index contributed by atoms with van der Waals surface area (Å²) in [5.74, 6) is 0.965. The summed E-state index contributed by atoms with van der Waals surface area (Å²) < 4.78 is 5.61. The van der Waals surface area contributed by atoms with Crippen LogP contribution in [0.15, 0.2) is 40.8 Å². The van der Waals surface area contributed by atoms with Crippen molar-refractivity contribution >= 4 is 5.69 Å². The lowest BCUT2D eigenvalue weighted by molar-refractivity contribution is 0.582. The van der Waals surface area contributed by atoms with Gasteiger partial charge in [0.25, 0.3) is 5.89 Å². The number of H-pyrrole nitrogens is 1. The first-order chi connectivity index (χ1) is 8.72. The lowest BCUT2D eigenvalue weighted by Gasteiger charge is -1.95. The smallest absolute Gasteiger partial charge is 0.264 e. The van der Waals surface area contributed by atoms with Gasteiger partial charge in [-0.25, -0.2) is 0 Å². The molecule has 5 heteroatoms. The van der Waals surface area contributed by atoms with Crippen LogP contribution in [0, 0.1) is 6.92 Å². The van der Waals surface area contributed by atoms with Crippen LogP contribution in [0.1, 0.15) is 5.69 Å². The van der Waals surface area contributed by atoms with Crippen molar-refractivity contribution in [2.75, 3.05) is 5.73 Å². The van der Waals surface area contributed by atoms with E-state index in [1.807, 2.05) is 31.2 Å². The van der Waals surface area contributed by atoms with Crippen LogP contribution in [-0.2, 0) is 0 Å². The summed E-state index contributed by atoms with van der Waals surface area (Å²) in [4.78, 5) is 3.15. The fraction of sp³-hybridized carbons (Fsp3) is 0.0769. The molecular formula is C13H12N4O. The number of nitrogens with two attached hydrogens (primary N) is 1. The van der Waals surface area contributed by atoms with E-state index in [-0.39, 0.29) is 0 Å². The fourth-order valence-electron chi connectivity index (χ4n) is 1.70. The highest BCUT2D eigenvalue weighted by molar-refractivity contribution is 5.58. The van der Waals surface area contributed by atoms with Crippen molar-refractivity contribution in [3.05, 3.63) is 42.1 Å². The molecule has 0 unspecified atom stereocenters. The molecule has 0 atom stereocenters. The number of rotatable bonds is 2. The Morgan fingerprint density at radius 3 is 2.39 bits per heavy atom. The number of benzene rings is 1. The Balaban J connectivity index is 1.96. The number of nitrogens with one attached hydrogen (secondary N) is 1. The predicted molar refractivity (Wildman–Crippen MR) is 68.7 cm³/mol. The van der Waals surface area contributed by atoms with Crippen LogP contribution in [-0.4, -0.2) is 15.2 Å². The zero-order chi connectivity index (χ0) is 12.5. The highest BCUT2D eigenvalue weighted by Gasteiger charge is 2.11. The van der Waals surface area contributed by atoms with Crippen molar-refractivity contribution in [2.45, 2.75) is 6.92 Å². The van der Waals surface area contributed by atoms with Gasteiger partial charge in [-0.2, -0.15) is 0 Å². The number of nitrogen functional groups attached to an aromatic ring is 1. The number of nitrogens with zero attached hydrogens (tertiary/aromatic N) is 2. The molecule has 3 rings (SSSR count). The summed E-state index contributed by atoms with van der Waals surface area (Å²) in [6, 6.07) is 11.2. The normalized spacial score (nSPS) is 10.7. The topological polar surface area (TPSA) is 80.7 Å². The number of aromatic amines is 1. The van der Waals surface area contributed by atoms with Crippen molar-refractivity contribution in [3.8, 4) is 23.0 Å². The molecule has 0 saturated carbocycles. The van der Waals surface area contributed by atoms with Gasteiger partial charge in [-0.1, -0.05) is 0 Å². The molecule has 0 saturated heterocycles. The average Bonchev–Trinajstić information content (AvgIpc) is 2.98. The summed E-state index contributed by atoms with van der Waals surface area (Å²) in [7, 11) is 0. The molecule has 0 spiro atoms. The molecule has 3 N–H and O–H groups in total. The largest absolute Gasteiger partial charge is 0.415 e. The van der Waals surface area contributed by atoms with E-state index in [1.54, 1.807) is 12.1 Å². The number of hydrogen-bond donors (Lipinski definition) is 2. The maximum absolute atomic E-state index is 5.63. The van der Waals surface area contributed by atoms with Gasteiger partial charge in [-0.05, 0) is 43.3 Å². The second-order valence-electron chi connectivity index (χ2n) is 4.09. The second-order valence-corrected chi connectivity index (χ2v) is 4.09. The van der Waals surface area contributed by atoms with Gasteiger partial charge in [-0.15, -0.1) is 10.2 Å². The molecular weight excluding hydrogens is 228 g/mol. The molecule has 0 radical (unpaired) electrons. The summed E-state index contributed by atoms with van der Waals surface area (Å²) >= 11 is 0. The molecule has 18 heavy (non-hydrogen) atoms. The van der Waals surface area contributed by atoms with E-state index in [1.165, 1.54) is 0 Å². The molecule has 90 valence electrons. The first-order valence-corrected chi connectivity index (χ1v) is 5.58. The lowest BCUT2D eigenvalue weighted by Crippen LogP contribution is -1.83. The van der Waals surface area contributed by atoms with Crippen molar-refractivity contribution in [3.63, 3.8) is 0 Å². The molecule has 0 amide bonds. The van der Waals surface area contributed by atoms with Crippen LogP contribution in [0.2, 0.25) is 0 Å². The van der Waals surface area contributed by atoms with Gasteiger partial charge in [0.2, 0.25) is 5.89 Å². The van der Waals surface area contributed by atoms with E-state index in [0.717, 1.165) is 17.0 Å². The van der Waals surface area contributed by atoms with Gasteiger partial charge in [0.15, 0.2) is 0 Å². The first-order valence-electron chi connectivity index (χ1n) is 5.58. The molecule has 3 aromatic rings. The third-order valence-electron chi connectivity index (χ3n) is 2.64. The van der Waals surface area contributed by atoms with Crippen LogP contribution in [0.3, 0.4) is 0 Å². The third-order valence-corrected chi connectivity index (χ3v) is 2.64. The van der Waals surface area contributed by atoms with Gasteiger partial charge in [0, 0.05) is 16.9 Å². The molecule has 5 nitrogen and oxygen atoms in total. The van der Waals surface area contributed by atoms with Crippen LogP contribution in [0.4, 0.5) is 5.69 Å². The van der Waals surface area contributed by atoms with Gasteiger partial charge < -0.3 is 15.1 Å². The Hall–Kier alpha value is -2.56. The van der Waals surface area contributed by atoms with E-state index < -0.39 is 0 Å². The molecule has 2 heterocycles. The van der Waals surface area contributed by atoms with E-state index in [2.05, 4.69) is 15.2 Å².